The molecule has 1 atom stereocenters. The molecule has 4 nitrogen and oxygen atoms in total. The molecular weight excluding hydrogens is 438 g/mol. The van der Waals surface area contributed by atoms with Gasteiger partial charge in [0.05, 0.1) is 17.4 Å². The van der Waals surface area contributed by atoms with E-state index in [1.165, 1.54) is 36.7 Å². The maximum Gasteiger partial charge on any atom is 0.416 e. The van der Waals surface area contributed by atoms with Crippen molar-refractivity contribution < 1.29 is 35.6 Å². The van der Waals surface area contributed by atoms with Gasteiger partial charge in [-0.25, -0.2) is 0 Å². The molecule has 3 rings (SSSR count). The van der Waals surface area contributed by atoms with Gasteiger partial charge in [0.15, 0.2) is 0 Å². The topological polar surface area (TPSA) is 54.3 Å². The van der Waals surface area contributed by atoms with E-state index in [4.69, 9.17) is 4.42 Å². The first kappa shape index (κ1) is 23.0. The largest absolute Gasteiger partial charge is 0.467 e. The summed E-state index contributed by atoms with van der Waals surface area (Å²) >= 11 is 0. The van der Waals surface area contributed by atoms with Crippen molar-refractivity contribution in [3.8, 4) is 0 Å². The van der Waals surface area contributed by atoms with Crippen LogP contribution in [0.4, 0.5) is 37.7 Å². The predicted octanol–water partition coefficient (Wildman–Crippen LogP) is 6.67. The van der Waals surface area contributed by atoms with Gasteiger partial charge in [-0.3, -0.25) is 4.79 Å². The predicted molar refractivity (Wildman–Crippen MR) is 106 cm³/mol. The van der Waals surface area contributed by atoms with Gasteiger partial charge in [-0.2, -0.15) is 26.3 Å². The highest BCUT2D eigenvalue weighted by atomic mass is 19.4. The first-order valence-electron chi connectivity index (χ1n) is 9.14. The lowest BCUT2D eigenvalue weighted by molar-refractivity contribution is -0.138. The number of alkyl halides is 6. The first-order valence-corrected chi connectivity index (χ1v) is 9.14. The van der Waals surface area contributed by atoms with Gasteiger partial charge in [0.25, 0.3) is 0 Å². The minimum Gasteiger partial charge on any atom is -0.467 e. The number of hydrogen-bond acceptors (Lipinski definition) is 4. The molecule has 0 bridgehead atoms. The van der Waals surface area contributed by atoms with Crippen LogP contribution >= 0.6 is 0 Å². The second kappa shape index (κ2) is 9.21. The quantitative estimate of drug-likeness (QED) is 0.238. The van der Waals surface area contributed by atoms with E-state index < -0.39 is 29.5 Å². The maximum absolute atomic E-state index is 12.8. The number of aldehydes is 1. The number of carbonyl (C=O) groups excluding carboxylic acids is 1. The van der Waals surface area contributed by atoms with E-state index in [1.54, 1.807) is 12.1 Å². The highest BCUT2D eigenvalue weighted by molar-refractivity contribution is 5.78. The minimum atomic E-state index is -4.49. The molecule has 2 N–H and O–H groups in total. The number of carbonyl (C=O) groups is 1. The summed E-state index contributed by atoms with van der Waals surface area (Å²) in [6.07, 6.45) is -5.82. The van der Waals surface area contributed by atoms with E-state index in [9.17, 15) is 31.1 Å². The third-order valence-corrected chi connectivity index (χ3v) is 4.44. The summed E-state index contributed by atoms with van der Waals surface area (Å²) in [7, 11) is 0. The first-order chi connectivity index (χ1) is 15.1. The Labute approximate surface area is 178 Å². The Morgan fingerprint density at radius 1 is 0.812 bits per heavy atom. The molecule has 0 aliphatic carbocycles. The Balaban J connectivity index is 1.83. The van der Waals surface area contributed by atoms with Crippen LogP contribution in [0.3, 0.4) is 0 Å². The SMILES string of the molecule is O=C/C(=C\Nc1ccc(C(F)(F)F)cc1)[C@@H](Nc1ccc(C(F)(F)F)cc1)c1ccco1. The van der Waals surface area contributed by atoms with Crippen LogP contribution in [0.2, 0.25) is 0 Å². The molecule has 0 unspecified atom stereocenters. The molecule has 0 amide bonds. The van der Waals surface area contributed by atoms with Crippen molar-refractivity contribution in [2.75, 3.05) is 10.6 Å². The molecule has 0 aliphatic rings. The van der Waals surface area contributed by atoms with Gasteiger partial charge in [0.2, 0.25) is 0 Å². The minimum absolute atomic E-state index is 0.0970. The molecule has 1 aromatic heterocycles. The van der Waals surface area contributed by atoms with Crippen LogP contribution < -0.4 is 10.6 Å². The molecule has 0 fully saturated rings. The Morgan fingerprint density at radius 3 is 1.78 bits per heavy atom. The Hall–Kier alpha value is -3.69. The molecule has 0 saturated heterocycles. The second-order valence-corrected chi connectivity index (χ2v) is 6.65. The van der Waals surface area contributed by atoms with E-state index in [1.807, 2.05) is 0 Å². The lowest BCUT2D eigenvalue weighted by Gasteiger charge is -2.19. The van der Waals surface area contributed by atoms with Gasteiger partial charge in [0.1, 0.15) is 18.1 Å². The van der Waals surface area contributed by atoms with E-state index in [0.29, 0.717) is 23.4 Å². The van der Waals surface area contributed by atoms with E-state index >= 15 is 0 Å². The fraction of sp³-hybridized carbons (Fsp3) is 0.136. The second-order valence-electron chi connectivity index (χ2n) is 6.65. The summed E-state index contributed by atoms with van der Waals surface area (Å²) < 4.78 is 81.7. The fourth-order valence-electron chi connectivity index (χ4n) is 2.80. The van der Waals surface area contributed by atoms with Crippen LogP contribution in [-0.4, -0.2) is 6.29 Å². The number of anilines is 2. The molecule has 32 heavy (non-hydrogen) atoms. The highest BCUT2D eigenvalue weighted by Gasteiger charge is 2.31. The third kappa shape index (κ3) is 5.71. The number of benzene rings is 2. The molecule has 3 aromatic rings. The molecule has 2 aromatic carbocycles. The van der Waals surface area contributed by atoms with E-state index in [2.05, 4.69) is 10.6 Å². The Morgan fingerprint density at radius 2 is 1.34 bits per heavy atom. The number of rotatable bonds is 7. The van der Waals surface area contributed by atoms with Crippen molar-refractivity contribution in [2.24, 2.45) is 0 Å². The standard InChI is InChI=1S/C22H16F6N2O2/c23-21(24,25)15-3-7-17(8-4-15)29-12-14(13-31)20(19-2-1-11-32-19)30-18-9-5-16(6-10-18)22(26,27)28/h1-13,20,29-30H/b14-12+/t20-/m1/s1. The zero-order chi connectivity index (χ0) is 23.4. The summed E-state index contributed by atoms with van der Waals surface area (Å²) in [6.45, 7) is 0. The maximum atomic E-state index is 12.8. The van der Waals surface area contributed by atoms with Gasteiger partial charge >= 0.3 is 12.4 Å². The zero-order valence-electron chi connectivity index (χ0n) is 16.2. The van der Waals surface area contributed by atoms with Crippen LogP contribution in [0.5, 0.6) is 0 Å². The fourth-order valence-corrected chi connectivity index (χ4v) is 2.80. The van der Waals surface area contributed by atoms with Crippen molar-refractivity contribution in [1.29, 1.82) is 0 Å². The van der Waals surface area contributed by atoms with Gasteiger partial charge in [-0.05, 0) is 60.7 Å². The van der Waals surface area contributed by atoms with Crippen LogP contribution in [0.25, 0.3) is 0 Å². The molecule has 0 spiro atoms. The molecule has 0 radical (unpaired) electrons. The van der Waals surface area contributed by atoms with Crippen molar-refractivity contribution in [1.82, 2.24) is 0 Å². The van der Waals surface area contributed by atoms with Crippen molar-refractivity contribution in [3.63, 3.8) is 0 Å². The average Bonchev–Trinajstić information content (AvgIpc) is 3.27. The van der Waals surface area contributed by atoms with Crippen LogP contribution in [0.1, 0.15) is 22.9 Å². The van der Waals surface area contributed by atoms with Crippen molar-refractivity contribution in [2.45, 2.75) is 18.4 Å². The molecule has 168 valence electrons. The summed E-state index contributed by atoms with van der Waals surface area (Å²) in [5.74, 6) is 0.303. The monoisotopic (exact) mass is 454 g/mol. The lowest BCUT2D eigenvalue weighted by Crippen LogP contribution is -2.15. The molecule has 10 heteroatoms. The van der Waals surface area contributed by atoms with Crippen LogP contribution in [-0.2, 0) is 17.1 Å². The lowest BCUT2D eigenvalue weighted by atomic mass is 10.1. The van der Waals surface area contributed by atoms with Gasteiger partial charge < -0.3 is 15.1 Å². The van der Waals surface area contributed by atoms with Crippen LogP contribution in [0.15, 0.2) is 83.1 Å². The average molecular weight is 454 g/mol. The molecule has 0 saturated carbocycles. The van der Waals surface area contributed by atoms with Gasteiger partial charge in [-0.15, -0.1) is 0 Å². The Bertz CT molecular complexity index is 1050. The summed E-state index contributed by atoms with van der Waals surface area (Å²) in [4.78, 5) is 11.7. The summed E-state index contributed by atoms with van der Waals surface area (Å²) in [5.41, 5.74) is -0.959. The normalized spacial score (nSPS) is 13.5. The summed E-state index contributed by atoms with van der Waals surface area (Å²) in [6, 6.07) is 10.7. The third-order valence-electron chi connectivity index (χ3n) is 4.44. The number of hydrogen-bond donors (Lipinski definition) is 2. The molecule has 0 aliphatic heterocycles. The molecule has 1 heterocycles. The number of halogens is 6. The highest BCUT2D eigenvalue weighted by Crippen LogP contribution is 2.32. The number of furan rings is 1. The van der Waals surface area contributed by atoms with Crippen molar-refractivity contribution in [3.05, 3.63) is 95.6 Å². The molecular formula is C22H16F6N2O2. The summed E-state index contributed by atoms with van der Waals surface area (Å²) in [5, 5.41) is 5.67. The van der Waals surface area contributed by atoms with Crippen molar-refractivity contribution >= 4 is 17.7 Å². The zero-order valence-corrected chi connectivity index (χ0v) is 16.2. The Kier molecular flexibility index (Phi) is 6.61. The number of nitrogens with one attached hydrogen (secondary N) is 2. The van der Waals surface area contributed by atoms with E-state index in [-0.39, 0.29) is 5.57 Å². The van der Waals surface area contributed by atoms with Crippen LogP contribution in [0, 0.1) is 0 Å². The van der Waals surface area contributed by atoms with E-state index in [0.717, 1.165) is 24.3 Å². The smallest absolute Gasteiger partial charge is 0.416 e. The van der Waals surface area contributed by atoms with Gasteiger partial charge in [-0.1, -0.05) is 0 Å². The van der Waals surface area contributed by atoms with Gasteiger partial charge in [0, 0.05) is 23.1 Å².